The van der Waals surface area contributed by atoms with Crippen LogP contribution in [0.1, 0.15) is 0 Å². The van der Waals surface area contributed by atoms with Crippen molar-refractivity contribution in [2.45, 2.75) is 0 Å². The fourth-order valence-corrected chi connectivity index (χ4v) is 30.4. The zero-order chi connectivity index (χ0) is 39.8. The second-order valence-electron chi connectivity index (χ2n) is 15.2. The van der Waals surface area contributed by atoms with Crippen molar-refractivity contribution in [1.29, 1.82) is 0 Å². The van der Waals surface area contributed by atoms with Crippen molar-refractivity contribution in [2.24, 2.45) is 0 Å². The summed E-state index contributed by atoms with van der Waals surface area (Å²) in [5.41, 5.74) is 5.70. The van der Waals surface area contributed by atoms with Crippen molar-refractivity contribution in [1.82, 2.24) is 0 Å². The number of halogens is 4. The summed E-state index contributed by atoms with van der Waals surface area (Å²) < 4.78 is 30.7. The molecule has 0 amide bonds. The number of nitrogens with zero attached hydrogens (tertiary/aromatic N) is 2. The van der Waals surface area contributed by atoms with Gasteiger partial charge in [0.25, 0.3) is 0 Å². The second-order valence-corrected chi connectivity index (χ2v) is 29.2. The standard InChI is InChI=1S/C42H23N2OS2.C6H2Cl4O2.Sb/c1-3-12-27(13-4-1)43-29-16-11-17-30(22-29)44(28-14-5-2-6-15-28)38-26-32(24-36-34-19-8-10-21-40(34)47-42(36)38)45-31-23-35-33-18-7-9-20-39(33)46-41(35)37(43)25-31;7-1-2(8)4(10)6(12)5(11)3(1)9;/h1-21,23-24H;11-12H;/q;;+2/p-2. The number of thiophene rings is 2. The Kier molecular flexibility index (Phi) is 6.82. The molecule has 4 aliphatic heterocycles. The molecular formula is C48H23Cl4N2O3S2Sb. The molecule has 8 aromatic carbocycles. The summed E-state index contributed by atoms with van der Waals surface area (Å²) in [5.74, 6) is 1.88. The molecule has 14 rings (SSSR count). The molecule has 12 heteroatoms. The summed E-state index contributed by atoms with van der Waals surface area (Å²) in [6.07, 6.45) is 0. The Labute approximate surface area is 372 Å². The zero-order valence-electron chi connectivity index (χ0n) is 30.7. The Hall–Kier alpha value is -4.82. The van der Waals surface area contributed by atoms with E-state index in [4.69, 9.17) is 57.2 Å². The molecule has 0 N–H and O–H groups in total. The van der Waals surface area contributed by atoms with Crippen LogP contribution in [0.3, 0.4) is 0 Å². The molecule has 2 aromatic heterocycles. The molecule has 0 bridgehead atoms. The fourth-order valence-electron chi connectivity index (χ4n) is 10.0. The van der Waals surface area contributed by atoms with Crippen LogP contribution in [0.4, 0.5) is 34.1 Å². The van der Waals surface area contributed by atoms with Crippen molar-refractivity contribution in [3.63, 3.8) is 0 Å². The van der Waals surface area contributed by atoms with E-state index in [1.165, 1.54) is 0 Å². The molecule has 0 aliphatic carbocycles. The van der Waals surface area contributed by atoms with E-state index in [9.17, 15) is 0 Å². The van der Waals surface area contributed by atoms with Gasteiger partial charge in [0.05, 0.1) is 0 Å². The molecule has 10 aromatic rings. The van der Waals surface area contributed by atoms with Crippen molar-refractivity contribution in [3.05, 3.63) is 160 Å². The fraction of sp³-hybridized carbons (Fsp3) is 0. The summed E-state index contributed by atoms with van der Waals surface area (Å²) in [5, 5.41) is 4.94. The first-order valence-corrected chi connectivity index (χ1v) is 28.2. The van der Waals surface area contributed by atoms with Crippen LogP contribution in [0.15, 0.2) is 140 Å². The number of hydrogen-bond acceptors (Lipinski definition) is 7. The van der Waals surface area contributed by atoms with Gasteiger partial charge in [-0.05, 0) is 0 Å². The number of ether oxygens (including phenoxy) is 1. The van der Waals surface area contributed by atoms with Gasteiger partial charge in [-0.2, -0.15) is 0 Å². The maximum atomic E-state index is 8.06. The van der Waals surface area contributed by atoms with Crippen LogP contribution in [0.2, 0.25) is 20.1 Å². The second kappa shape index (κ2) is 11.8. The summed E-state index contributed by atoms with van der Waals surface area (Å²) >= 11 is 25.7. The number of rotatable bonds is 2. The van der Waals surface area contributed by atoms with Gasteiger partial charge in [-0.3, -0.25) is 0 Å². The van der Waals surface area contributed by atoms with E-state index in [1.54, 1.807) is 22.7 Å². The minimum absolute atomic E-state index is 0.107. The third kappa shape index (κ3) is 3.96. The van der Waals surface area contributed by atoms with E-state index in [0.29, 0.717) is 11.5 Å². The van der Waals surface area contributed by atoms with Crippen LogP contribution >= 0.6 is 69.1 Å². The molecule has 1 spiro atoms. The molecule has 0 unspecified atom stereocenters. The zero-order valence-corrected chi connectivity index (χ0v) is 37.9. The van der Waals surface area contributed by atoms with Crippen LogP contribution < -0.4 is 31.1 Å². The molecule has 0 saturated carbocycles. The molecule has 0 atom stereocenters. The van der Waals surface area contributed by atoms with Crippen molar-refractivity contribution < 1.29 is 10.8 Å². The van der Waals surface area contributed by atoms with Gasteiger partial charge in [0, 0.05) is 0 Å². The Morgan fingerprint density at radius 2 is 0.867 bits per heavy atom. The molecule has 60 heavy (non-hydrogen) atoms. The van der Waals surface area contributed by atoms with Crippen LogP contribution in [0, 0.1) is 0 Å². The van der Waals surface area contributed by atoms with E-state index < -0.39 is 18.2 Å². The maximum absolute atomic E-state index is 8.06. The molecule has 5 nitrogen and oxygen atoms in total. The number of hydrogen-bond donors (Lipinski definition) is 0. The van der Waals surface area contributed by atoms with E-state index in [-0.39, 0.29) is 31.6 Å². The predicted octanol–water partition coefficient (Wildman–Crippen LogP) is 14.6. The van der Waals surface area contributed by atoms with E-state index in [1.807, 2.05) is 12.1 Å². The Balaban J connectivity index is 1.28. The third-order valence-electron chi connectivity index (χ3n) is 12.3. The predicted molar refractivity (Wildman–Crippen MR) is 254 cm³/mol. The van der Waals surface area contributed by atoms with Gasteiger partial charge in [-0.25, -0.2) is 0 Å². The number of anilines is 6. The molecule has 4 aliphatic rings. The molecule has 0 radical (unpaired) electrons. The van der Waals surface area contributed by atoms with Crippen LogP contribution in [0.5, 0.6) is 23.0 Å². The first-order chi connectivity index (χ1) is 29.4. The monoisotopic (exact) mass is 1000 g/mol. The SMILES string of the molecule is Clc1c(Cl)c(Cl)c2c(c1Cl)[O][Sb]13([O]2)[c]2c4cccc2N(c2ccccc2)c2[c]1c(cc1c2sc2ccccc21)Oc1cc2c(sc5ccccc52)c([c]13)N4c1ccccc1. The summed E-state index contributed by atoms with van der Waals surface area (Å²) in [4.78, 5) is 4.74. The van der Waals surface area contributed by atoms with Crippen LogP contribution in [-0.4, -0.2) is 18.2 Å². The van der Waals surface area contributed by atoms with Gasteiger partial charge >= 0.3 is 375 Å². The van der Waals surface area contributed by atoms with E-state index in [0.717, 1.165) is 85.0 Å². The third-order valence-corrected chi connectivity index (χ3v) is 30.2. The number of fused-ring (bicyclic) bond motifs is 9. The number of benzene rings is 8. The van der Waals surface area contributed by atoms with Crippen LogP contribution in [-0.2, 0) is 0 Å². The van der Waals surface area contributed by atoms with Gasteiger partial charge in [0.1, 0.15) is 0 Å². The topological polar surface area (TPSA) is 34.2 Å². The van der Waals surface area contributed by atoms with Crippen molar-refractivity contribution >= 4 is 172 Å². The normalized spacial score (nSPS) is 16.4. The Bertz CT molecular complexity index is 3400. The molecular weight excluding hydrogens is 980 g/mol. The first-order valence-electron chi connectivity index (χ1n) is 19.1. The molecule has 288 valence electrons. The number of para-hydroxylation sites is 2. The summed E-state index contributed by atoms with van der Waals surface area (Å²) in [7, 11) is 0. The summed E-state index contributed by atoms with van der Waals surface area (Å²) in [6, 6.07) is 49.0. The Morgan fingerprint density at radius 1 is 0.433 bits per heavy atom. The van der Waals surface area contributed by atoms with E-state index >= 15 is 0 Å². The summed E-state index contributed by atoms with van der Waals surface area (Å²) in [6.45, 7) is 0. The molecule has 0 fully saturated rings. The van der Waals surface area contributed by atoms with Crippen LogP contribution in [0.25, 0.3) is 40.3 Å². The van der Waals surface area contributed by atoms with Gasteiger partial charge in [-0.15, -0.1) is 0 Å². The minimum atomic E-state index is -6.24. The van der Waals surface area contributed by atoms with Gasteiger partial charge < -0.3 is 0 Å². The van der Waals surface area contributed by atoms with Crippen molar-refractivity contribution in [2.75, 3.05) is 9.80 Å². The first kappa shape index (κ1) is 34.8. The average Bonchev–Trinajstić information content (AvgIpc) is 3.97. The van der Waals surface area contributed by atoms with Gasteiger partial charge in [0.2, 0.25) is 0 Å². The van der Waals surface area contributed by atoms with Gasteiger partial charge in [0.15, 0.2) is 0 Å². The molecule has 6 heterocycles. The van der Waals surface area contributed by atoms with Crippen molar-refractivity contribution in [3.8, 4) is 23.0 Å². The average molecular weight is 1000 g/mol. The van der Waals surface area contributed by atoms with E-state index in [2.05, 4.69) is 137 Å². The molecule has 0 saturated heterocycles. The quantitative estimate of drug-likeness (QED) is 0.0979. The van der Waals surface area contributed by atoms with Gasteiger partial charge in [-0.1, -0.05) is 0 Å². The Morgan fingerprint density at radius 3 is 1.33 bits per heavy atom.